The summed E-state index contributed by atoms with van der Waals surface area (Å²) in [4.78, 5) is 16.7. The third-order valence-corrected chi connectivity index (χ3v) is 5.69. The zero-order valence-corrected chi connectivity index (χ0v) is 15.4. The van der Waals surface area contributed by atoms with Crippen LogP contribution in [0.2, 0.25) is 0 Å². The Kier molecular flexibility index (Phi) is 6.74. The van der Waals surface area contributed by atoms with Gasteiger partial charge in [0.1, 0.15) is 5.75 Å². The van der Waals surface area contributed by atoms with E-state index in [1.54, 1.807) is 6.07 Å². The lowest BCUT2D eigenvalue weighted by atomic mass is 9.89. The van der Waals surface area contributed by atoms with Crippen LogP contribution in [0.3, 0.4) is 0 Å². The average molecular weight is 361 g/mol. The number of likely N-dealkylation sites (tertiary alicyclic amines) is 2. The summed E-state index contributed by atoms with van der Waals surface area (Å²) in [5.74, 6) is 1.20. The minimum atomic E-state index is 0.0404. The van der Waals surface area contributed by atoms with Gasteiger partial charge in [0.2, 0.25) is 0 Å². The van der Waals surface area contributed by atoms with Crippen molar-refractivity contribution < 1.29 is 15.0 Å². The van der Waals surface area contributed by atoms with Crippen molar-refractivity contribution in [2.45, 2.75) is 31.6 Å². The third kappa shape index (κ3) is 5.11. The molecule has 0 saturated carbocycles. The Labute approximate surface area is 155 Å². The highest BCUT2D eigenvalue weighted by Crippen LogP contribution is 2.29. The number of hydrogen-bond acceptors (Lipinski definition) is 4. The van der Waals surface area contributed by atoms with E-state index in [0.717, 1.165) is 64.0 Å². The van der Waals surface area contributed by atoms with Crippen LogP contribution in [0.5, 0.6) is 5.75 Å². The number of nitrogens with one attached hydrogen (secondary N) is 1. The summed E-state index contributed by atoms with van der Waals surface area (Å²) in [6.45, 7) is 5.17. The summed E-state index contributed by atoms with van der Waals surface area (Å²) in [5.41, 5.74) is 1.16. The zero-order valence-electron chi connectivity index (χ0n) is 15.4. The number of phenolic OH excluding ortho intramolecular Hbond substituents is 1. The molecule has 0 radical (unpaired) electrons. The van der Waals surface area contributed by atoms with E-state index < -0.39 is 0 Å². The molecule has 0 aliphatic carbocycles. The first-order chi connectivity index (χ1) is 12.7. The Bertz CT molecular complexity index is 585. The fourth-order valence-corrected chi connectivity index (χ4v) is 4.20. The smallest absolute Gasteiger partial charge is 0.317 e. The topological polar surface area (TPSA) is 76.0 Å². The Morgan fingerprint density at radius 2 is 2.00 bits per heavy atom. The first kappa shape index (κ1) is 19.0. The van der Waals surface area contributed by atoms with Gasteiger partial charge >= 0.3 is 6.03 Å². The lowest BCUT2D eigenvalue weighted by Gasteiger charge is -2.34. The zero-order chi connectivity index (χ0) is 18.4. The molecule has 26 heavy (non-hydrogen) atoms. The van der Waals surface area contributed by atoms with Crippen LogP contribution in [-0.4, -0.2) is 71.9 Å². The Balaban J connectivity index is 1.41. The molecule has 2 aliphatic rings. The van der Waals surface area contributed by atoms with Crippen LogP contribution < -0.4 is 5.32 Å². The van der Waals surface area contributed by atoms with Crippen LogP contribution in [0, 0.1) is 5.92 Å². The highest BCUT2D eigenvalue weighted by molar-refractivity contribution is 5.74. The van der Waals surface area contributed by atoms with Gasteiger partial charge in [-0.15, -0.1) is 0 Å². The van der Waals surface area contributed by atoms with E-state index in [9.17, 15) is 9.90 Å². The lowest BCUT2D eigenvalue weighted by Crippen LogP contribution is -2.47. The summed E-state index contributed by atoms with van der Waals surface area (Å²) < 4.78 is 0. The molecular weight excluding hydrogens is 330 g/mol. The molecule has 0 bridgehead atoms. The molecule has 0 spiro atoms. The number of urea groups is 1. The predicted octanol–water partition coefficient (Wildman–Crippen LogP) is 1.99. The maximum Gasteiger partial charge on any atom is 0.317 e. The molecule has 1 atom stereocenters. The number of hydrogen-bond donors (Lipinski definition) is 3. The summed E-state index contributed by atoms with van der Waals surface area (Å²) in [7, 11) is 0. The molecule has 6 nitrogen and oxygen atoms in total. The second-order valence-electron chi connectivity index (χ2n) is 7.57. The van der Waals surface area contributed by atoms with Crippen LogP contribution >= 0.6 is 0 Å². The molecule has 3 rings (SSSR count). The average Bonchev–Trinajstić information content (AvgIpc) is 2.67. The molecule has 2 fully saturated rings. The van der Waals surface area contributed by atoms with Crippen LogP contribution in [-0.2, 0) is 0 Å². The number of carbonyl (C=O) groups excluding carboxylic acids is 1. The van der Waals surface area contributed by atoms with Gasteiger partial charge in [0.05, 0.1) is 6.61 Å². The van der Waals surface area contributed by atoms with Gasteiger partial charge in [-0.1, -0.05) is 12.1 Å². The van der Waals surface area contributed by atoms with E-state index in [4.69, 9.17) is 5.11 Å². The van der Waals surface area contributed by atoms with Crippen LogP contribution in [0.4, 0.5) is 4.79 Å². The first-order valence-corrected chi connectivity index (χ1v) is 9.80. The number of β-amino-alcohol motifs (C(OH)–C–C–N with tert-alkyl or cyclic N) is 1. The van der Waals surface area contributed by atoms with Crippen molar-refractivity contribution in [2.75, 3.05) is 45.9 Å². The van der Waals surface area contributed by atoms with Gasteiger partial charge in [-0.25, -0.2) is 4.79 Å². The number of aliphatic hydroxyl groups excluding tert-OH is 1. The molecule has 2 saturated heterocycles. The SMILES string of the molecule is O=C(NCC1CCCN(CCO)C1)N1CCC(c2cccc(O)c2)CC1. The van der Waals surface area contributed by atoms with Crippen LogP contribution in [0.25, 0.3) is 0 Å². The molecule has 3 N–H and O–H groups in total. The van der Waals surface area contributed by atoms with Gasteiger partial charge in [-0.05, 0) is 61.8 Å². The number of carbonyl (C=O) groups is 1. The van der Waals surface area contributed by atoms with Gasteiger partial charge in [0, 0.05) is 32.7 Å². The number of phenols is 1. The normalized spacial score (nSPS) is 22.3. The molecule has 0 aromatic heterocycles. The highest BCUT2D eigenvalue weighted by Gasteiger charge is 2.25. The summed E-state index contributed by atoms with van der Waals surface area (Å²) in [5, 5.41) is 21.8. The quantitative estimate of drug-likeness (QED) is 0.750. The molecule has 144 valence electrons. The number of rotatable bonds is 5. The number of piperidine rings is 2. The van der Waals surface area contributed by atoms with Gasteiger partial charge in [-0.3, -0.25) is 0 Å². The summed E-state index contributed by atoms with van der Waals surface area (Å²) in [6.07, 6.45) is 4.15. The summed E-state index contributed by atoms with van der Waals surface area (Å²) >= 11 is 0. The molecule has 2 aliphatic heterocycles. The first-order valence-electron chi connectivity index (χ1n) is 9.80. The molecule has 2 heterocycles. The highest BCUT2D eigenvalue weighted by atomic mass is 16.3. The van der Waals surface area contributed by atoms with E-state index in [1.807, 2.05) is 17.0 Å². The maximum absolute atomic E-state index is 12.5. The second kappa shape index (κ2) is 9.24. The van der Waals surface area contributed by atoms with Gasteiger partial charge in [0.25, 0.3) is 0 Å². The molecule has 1 aromatic carbocycles. The van der Waals surface area contributed by atoms with Crippen molar-refractivity contribution in [1.82, 2.24) is 15.1 Å². The van der Waals surface area contributed by atoms with Crippen LogP contribution in [0.15, 0.2) is 24.3 Å². The number of nitrogens with zero attached hydrogens (tertiary/aromatic N) is 2. The molecule has 1 aromatic rings. The third-order valence-electron chi connectivity index (χ3n) is 5.69. The van der Waals surface area contributed by atoms with Crippen molar-refractivity contribution in [3.63, 3.8) is 0 Å². The minimum Gasteiger partial charge on any atom is -0.508 e. The minimum absolute atomic E-state index is 0.0404. The Hall–Kier alpha value is -1.79. The van der Waals surface area contributed by atoms with Crippen molar-refractivity contribution in [2.24, 2.45) is 5.92 Å². The molecule has 2 amide bonds. The van der Waals surface area contributed by atoms with Crippen LogP contribution in [0.1, 0.15) is 37.2 Å². The lowest BCUT2D eigenvalue weighted by molar-refractivity contribution is 0.136. The number of aromatic hydroxyl groups is 1. The summed E-state index contributed by atoms with van der Waals surface area (Å²) in [6, 6.07) is 7.51. The fourth-order valence-electron chi connectivity index (χ4n) is 4.20. The molecule has 6 heteroatoms. The van der Waals surface area contributed by atoms with Crippen molar-refractivity contribution in [3.05, 3.63) is 29.8 Å². The second-order valence-corrected chi connectivity index (χ2v) is 7.57. The van der Waals surface area contributed by atoms with E-state index in [1.165, 1.54) is 0 Å². The van der Waals surface area contributed by atoms with E-state index in [0.29, 0.717) is 24.1 Å². The van der Waals surface area contributed by atoms with Gasteiger partial charge in [-0.2, -0.15) is 0 Å². The van der Waals surface area contributed by atoms with Crippen molar-refractivity contribution in [3.8, 4) is 5.75 Å². The standard InChI is InChI=1S/C20H31N3O3/c24-12-11-22-8-2-3-16(15-22)14-21-20(26)23-9-6-17(7-10-23)18-4-1-5-19(25)13-18/h1,4-5,13,16-17,24-25H,2-3,6-12,14-15H2,(H,21,26). The van der Waals surface area contributed by atoms with E-state index >= 15 is 0 Å². The Morgan fingerprint density at radius 3 is 2.73 bits per heavy atom. The van der Waals surface area contributed by atoms with Gasteiger partial charge in [0.15, 0.2) is 0 Å². The number of amides is 2. The monoisotopic (exact) mass is 361 g/mol. The molecule has 1 unspecified atom stereocenters. The van der Waals surface area contributed by atoms with Gasteiger partial charge < -0.3 is 25.3 Å². The number of benzene rings is 1. The van der Waals surface area contributed by atoms with Crippen molar-refractivity contribution >= 4 is 6.03 Å². The Morgan fingerprint density at radius 1 is 1.19 bits per heavy atom. The van der Waals surface area contributed by atoms with E-state index in [-0.39, 0.29) is 12.6 Å². The molecular formula is C20H31N3O3. The largest absolute Gasteiger partial charge is 0.508 e. The fraction of sp³-hybridized carbons (Fsp3) is 0.650. The maximum atomic E-state index is 12.5. The van der Waals surface area contributed by atoms with Crippen molar-refractivity contribution in [1.29, 1.82) is 0 Å². The van der Waals surface area contributed by atoms with E-state index in [2.05, 4.69) is 16.3 Å². The predicted molar refractivity (Wildman–Crippen MR) is 101 cm³/mol. The number of aliphatic hydroxyl groups is 1.